The largest absolute Gasteiger partial charge is 0.504 e. The van der Waals surface area contributed by atoms with Gasteiger partial charge in [0.15, 0.2) is 29.2 Å². The van der Waals surface area contributed by atoms with Gasteiger partial charge in [-0.25, -0.2) is 8.78 Å². The number of methoxy groups -OCH3 is 1. The number of rotatable bonds is 6. The molecule has 1 atom stereocenters. The molecule has 24 heavy (non-hydrogen) atoms. The fourth-order valence-electron chi connectivity index (χ4n) is 2.14. The van der Waals surface area contributed by atoms with Crippen molar-refractivity contribution in [3.05, 3.63) is 59.2 Å². The number of benzene rings is 2. The van der Waals surface area contributed by atoms with Gasteiger partial charge in [-0.3, -0.25) is 4.79 Å². The Bertz CT molecular complexity index is 737. The first-order valence-corrected chi connectivity index (χ1v) is 7.19. The number of ether oxygens (including phenoxy) is 1. The summed E-state index contributed by atoms with van der Waals surface area (Å²) in [4.78, 5) is 11.9. The molecule has 0 saturated carbocycles. The molecule has 0 spiro atoms. The molecule has 0 unspecified atom stereocenters. The van der Waals surface area contributed by atoms with Crippen LogP contribution in [0, 0.1) is 11.6 Å². The van der Waals surface area contributed by atoms with Gasteiger partial charge in [0, 0.05) is 6.54 Å². The lowest BCUT2D eigenvalue weighted by molar-refractivity contribution is -0.129. The summed E-state index contributed by atoms with van der Waals surface area (Å²) in [6.07, 6.45) is -1.15. The lowest BCUT2D eigenvalue weighted by Gasteiger charge is -2.12. The third-order valence-corrected chi connectivity index (χ3v) is 3.46. The predicted molar refractivity (Wildman–Crippen MR) is 82.7 cm³/mol. The second-order valence-corrected chi connectivity index (χ2v) is 5.12. The van der Waals surface area contributed by atoms with Gasteiger partial charge in [-0.05, 0) is 41.8 Å². The smallest absolute Gasteiger partial charge is 0.253 e. The molecule has 0 bridgehead atoms. The summed E-state index contributed by atoms with van der Waals surface area (Å²) in [7, 11) is 1.43. The maximum absolute atomic E-state index is 13.1. The summed E-state index contributed by atoms with van der Waals surface area (Å²) >= 11 is 0. The van der Waals surface area contributed by atoms with E-state index >= 15 is 0 Å². The van der Waals surface area contributed by atoms with E-state index in [0.29, 0.717) is 12.2 Å². The number of hydrogen-bond donors (Lipinski definition) is 3. The monoisotopic (exact) mass is 337 g/mol. The summed E-state index contributed by atoms with van der Waals surface area (Å²) in [5.74, 6) is -2.56. The normalized spacial score (nSPS) is 11.8. The number of carbonyl (C=O) groups excluding carboxylic acids is 1. The van der Waals surface area contributed by atoms with E-state index in [0.717, 1.165) is 23.8 Å². The molecule has 3 N–H and O–H groups in total. The number of aromatic hydroxyl groups is 1. The minimum atomic E-state index is -1.59. The zero-order chi connectivity index (χ0) is 17.7. The molecule has 7 heteroatoms. The molecular formula is C17H17F2NO4. The fraction of sp³-hybridized carbons (Fsp3) is 0.235. The Labute approximate surface area is 137 Å². The van der Waals surface area contributed by atoms with Crippen LogP contribution < -0.4 is 10.1 Å². The number of phenolic OH excluding ortho intramolecular Hbond substituents is 1. The Morgan fingerprint density at radius 3 is 2.62 bits per heavy atom. The van der Waals surface area contributed by atoms with Crippen molar-refractivity contribution in [3.8, 4) is 11.5 Å². The topological polar surface area (TPSA) is 78.8 Å². The second kappa shape index (κ2) is 7.74. The number of halogens is 2. The fourth-order valence-corrected chi connectivity index (χ4v) is 2.14. The van der Waals surface area contributed by atoms with Crippen LogP contribution in [0.3, 0.4) is 0 Å². The van der Waals surface area contributed by atoms with E-state index in [2.05, 4.69) is 5.32 Å². The molecule has 2 rings (SSSR count). The minimum absolute atomic E-state index is 0.0130. The summed E-state index contributed by atoms with van der Waals surface area (Å²) in [5, 5.41) is 21.9. The van der Waals surface area contributed by atoms with Gasteiger partial charge in [-0.15, -0.1) is 0 Å². The first-order valence-electron chi connectivity index (χ1n) is 7.19. The Kier molecular flexibility index (Phi) is 5.70. The number of aliphatic hydroxyl groups excluding tert-OH is 1. The Hall–Kier alpha value is -2.67. The van der Waals surface area contributed by atoms with Crippen LogP contribution in [0.2, 0.25) is 0 Å². The molecule has 0 saturated heterocycles. The first kappa shape index (κ1) is 17.7. The van der Waals surface area contributed by atoms with Crippen molar-refractivity contribution < 1.29 is 28.5 Å². The molecule has 0 aliphatic rings. The predicted octanol–water partition coefficient (Wildman–Crippen LogP) is 2.07. The molecule has 2 aromatic rings. The maximum Gasteiger partial charge on any atom is 0.253 e. The number of hydrogen-bond acceptors (Lipinski definition) is 4. The van der Waals surface area contributed by atoms with Gasteiger partial charge in [-0.2, -0.15) is 0 Å². The van der Waals surface area contributed by atoms with Crippen LogP contribution in [-0.2, 0) is 11.2 Å². The van der Waals surface area contributed by atoms with Crippen LogP contribution in [0.1, 0.15) is 17.2 Å². The average molecular weight is 337 g/mol. The van der Waals surface area contributed by atoms with Crippen LogP contribution in [0.4, 0.5) is 8.78 Å². The minimum Gasteiger partial charge on any atom is -0.504 e. The van der Waals surface area contributed by atoms with Crippen LogP contribution in [0.25, 0.3) is 0 Å². The molecule has 128 valence electrons. The van der Waals surface area contributed by atoms with E-state index in [4.69, 9.17) is 4.74 Å². The molecule has 0 aliphatic heterocycles. The van der Waals surface area contributed by atoms with Crippen LogP contribution in [0.5, 0.6) is 11.5 Å². The molecule has 2 aromatic carbocycles. The van der Waals surface area contributed by atoms with Crippen molar-refractivity contribution in [1.29, 1.82) is 0 Å². The lowest BCUT2D eigenvalue weighted by atomic mass is 10.1. The van der Waals surface area contributed by atoms with E-state index in [1.165, 1.54) is 13.2 Å². The Morgan fingerprint density at radius 1 is 1.21 bits per heavy atom. The van der Waals surface area contributed by atoms with Crippen LogP contribution in [0.15, 0.2) is 36.4 Å². The molecular weight excluding hydrogens is 320 g/mol. The number of carbonyl (C=O) groups is 1. The average Bonchev–Trinajstić information content (AvgIpc) is 2.58. The highest BCUT2D eigenvalue weighted by Gasteiger charge is 2.18. The van der Waals surface area contributed by atoms with Gasteiger partial charge in [0.25, 0.3) is 5.91 Å². The number of amides is 1. The molecule has 0 radical (unpaired) electrons. The second-order valence-electron chi connectivity index (χ2n) is 5.12. The van der Waals surface area contributed by atoms with Crippen LogP contribution >= 0.6 is 0 Å². The number of aliphatic hydroxyl groups is 1. The van der Waals surface area contributed by atoms with E-state index in [9.17, 15) is 23.8 Å². The van der Waals surface area contributed by atoms with E-state index in [1.807, 2.05) is 0 Å². The van der Waals surface area contributed by atoms with Gasteiger partial charge in [0.1, 0.15) is 0 Å². The lowest BCUT2D eigenvalue weighted by Crippen LogP contribution is -2.31. The summed E-state index contributed by atoms with van der Waals surface area (Å²) in [5.41, 5.74) is 0.782. The summed E-state index contributed by atoms with van der Waals surface area (Å²) in [6, 6.07) is 7.57. The third kappa shape index (κ3) is 4.20. The number of phenols is 1. The quantitative estimate of drug-likeness (QED) is 0.754. The molecule has 0 fully saturated rings. The van der Waals surface area contributed by atoms with Gasteiger partial charge in [-0.1, -0.05) is 12.1 Å². The van der Waals surface area contributed by atoms with Crippen molar-refractivity contribution in [2.24, 2.45) is 0 Å². The highest BCUT2D eigenvalue weighted by atomic mass is 19.2. The molecule has 0 heterocycles. The van der Waals surface area contributed by atoms with Gasteiger partial charge >= 0.3 is 0 Å². The summed E-state index contributed by atoms with van der Waals surface area (Å²) in [6.45, 7) is 0.216. The van der Waals surface area contributed by atoms with Crippen molar-refractivity contribution in [1.82, 2.24) is 5.32 Å². The van der Waals surface area contributed by atoms with E-state index in [-0.39, 0.29) is 17.9 Å². The van der Waals surface area contributed by atoms with Gasteiger partial charge in [0.05, 0.1) is 7.11 Å². The van der Waals surface area contributed by atoms with E-state index in [1.54, 1.807) is 12.1 Å². The van der Waals surface area contributed by atoms with Crippen LogP contribution in [-0.4, -0.2) is 29.8 Å². The molecule has 5 nitrogen and oxygen atoms in total. The van der Waals surface area contributed by atoms with E-state index < -0.39 is 23.6 Å². The maximum atomic E-state index is 13.1. The first-order chi connectivity index (χ1) is 11.4. The van der Waals surface area contributed by atoms with Crippen molar-refractivity contribution in [2.45, 2.75) is 12.5 Å². The van der Waals surface area contributed by atoms with Crippen molar-refractivity contribution in [2.75, 3.05) is 13.7 Å². The molecule has 0 aliphatic carbocycles. The highest BCUT2D eigenvalue weighted by molar-refractivity contribution is 5.81. The van der Waals surface area contributed by atoms with Gasteiger partial charge in [0.2, 0.25) is 0 Å². The molecule has 1 amide bonds. The molecule has 0 aromatic heterocycles. The third-order valence-electron chi connectivity index (χ3n) is 3.46. The highest BCUT2D eigenvalue weighted by Crippen LogP contribution is 2.26. The summed E-state index contributed by atoms with van der Waals surface area (Å²) < 4.78 is 31.0. The zero-order valence-corrected chi connectivity index (χ0v) is 12.9. The number of nitrogens with one attached hydrogen (secondary N) is 1. The SMILES string of the molecule is COc1cc(CCNC(=O)[C@H](O)c2ccc(F)c(F)c2)ccc1O. The van der Waals surface area contributed by atoms with Gasteiger partial charge < -0.3 is 20.3 Å². The van der Waals surface area contributed by atoms with Crippen molar-refractivity contribution in [3.63, 3.8) is 0 Å². The van der Waals surface area contributed by atoms with Crippen molar-refractivity contribution >= 4 is 5.91 Å². The zero-order valence-electron chi connectivity index (χ0n) is 12.9. The standard InChI is InChI=1S/C17H17F2NO4/c1-24-15-8-10(2-5-14(15)21)6-7-20-17(23)16(22)11-3-4-12(18)13(19)9-11/h2-5,8-9,16,21-22H,6-7H2,1H3,(H,20,23)/t16-/m1/s1. The Balaban J connectivity index is 1.91. The Morgan fingerprint density at radius 2 is 1.96 bits per heavy atom.